The maximum Gasteiger partial charge on any atom is 0.336 e. The Hall–Kier alpha value is -3.18. The van der Waals surface area contributed by atoms with Gasteiger partial charge in [-0.3, -0.25) is 4.79 Å². The first-order valence-electron chi connectivity index (χ1n) is 10.3. The molecule has 4 rings (SSSR count). The minimum atomic E-state index is -0.445. The number of thiophene rings is 1. The lowest BCUT2D eigenvalue weighted by atomic mass is 9.79. The molecule has 31 heavy (non-hydrogen) atoms. The van der Waals surface area contributed by atoms with E-state index < -0.39 is 5.92 Å². The van der Waals surface area contributed by atoms with E-state index in [-0.39, 0.29) is 18.4 Å². The number of carbonyl (C=O) groups is 2. The molecule has 2 heterocycles. The lowest BCUT2D eigenvalue weighted by molar-refractivity contribution is -0.139. The number of Topliss-reactive ketones (excluding diaryl/α,β-unsaturated/α-hetero) is 1. The van der Waals surface area contributed by atoms with Gasteiger partial charge in [-0.2, -0.15) is 0 Å². The monoisotopic (exact) mass is 431 g/mol. The molecule has 1 atom stereocenters. The number of ketones is 1. The fourth-order valence-electron chi connectivity index (χ4n) is 4.25. The third kappa shape index (κ3) is 4.19. The van der Waals surface area contributed by atoms with Gasteiger partial charge in [-0.15, -0.1) is 11.3 Å². The number of rotatable bonds is 6. The summed E-state index contributed by atoms with van der Waals surface area (Å²) >= 11 is 1.62. The van der Waals surface area contributed by atoms with Crippen LogP contribution in [0.1, 0.15) is 37.8 Å². The second kappa shape index (κ2) is 8.90. The van der Waals surface area contributed by atoms with Crippen LogP contribution in [0.3, 0.4) is 0 Å². The molecule has 1 unspecified atom stereocenters. The number of dihydropyridines is 1. The van der Waals surface area contributed by atoms with Crippen LogP contribution in [-0.2, 0) is 20.7 Å². The van der Waals surface area contributed by atoms with Crippen molar-refractivity contribution in [3.63, 3.8) is 0 Å². The van der Waals surface area contributed by atoms with E-state index in [1.165, 1.54) is 0 Å². The Kier molecular flexibility index (Phi) is 6.05. The predicted molar refractivity (Wildman–Crippen MR) is 125 cm³/mol. The number of esters is 1. The third-order valence-electron chi connectivity index (χ3n) is 5.65. The number of carbonyl (C=O) groups excluding carboxylic acids is 2. The molecule has 0 amide bonds. The van der Waals surface area contributed by atoms with Gasteiger partial charge in [0.05, 0.1) is 12.2 Å². The highest BCUT2D eigenvalue weighted by Gasteiger charge is 2.37. The van der Waals surface area contributed by atoms with E-state index in [1.54, 1.807) is 18.3 Å². The average molecular weight is 432 g/mol. The van der Waals surface area contributed by atoms with Crippen molar-refractivity contribution in [1.82, 2.24) is 5.32 Å². The molecule has 1 aromatic heterocycles. The second-order valence-corrected chi connectivity index (χ2v) is 8.66. The molecule has 1 N–H and O–H groups in total. The summed E-state index contributed by atoms with van der Waals surface area (Å²) in [6, 6.07) is 18.0. The number of hydrogen-bond donors (Lipinski definition) is 1. The Labute approximate surface area is 186 Å². The van der Waals surface area contributed by atoms with E-state index in [9.17, 15) is 9.59 Å². The van der Waals surface area contributed by atoms with Gasteiger partial charge in [-0.1, -0.05) is 48.5 Å². The summed E-state index contributed by atoms with van der Waals surface area (Å²) in [6.45, 7) is 5.60. The predicted octanol–water partition coefficient (Wildman–Crippen LogP) is 5.51. The number of hydrogen-bond acceptors (Lipinski definition) is 5. The van der Waals surface area contributed by atoms with Crippen molar-refractivity contribution in [3.8, 4) is 0 Å². The first-order chi connectivity index (χ1) is 15.0. The topological polar surface area (TPSA) is 55.4 Å². The van der Waals surface area contributed by atoms with Gasteiger partial charge in [0.1, 0.15) is 0 Å². The number of benzene rings is 2. The Morgan fingerprint density at radius 3 is 2.39 bits per heavy atom. The SMILES string of the molecule is CC(=O)C1=C(C)NC(C)=C(C(=O)OCCc2ccccc2)C1c1csc2ccccc12. The first-order valence-corrected chi connectivity index (χ1v) is 11.2. The van der Waals surface area contributed by atoms with Gasteiger partial charge >= 0.3 is 5.97 Å². The van der Waals surface area contributed by atoms with E-state index in [0.717, 1.165) is 32.6 Å². The molecule has 0 radical (unpaired) electrons. The molecule has 2 aromatic carbocycles. The molecule has 0 spiro atoms. The summed E-state index contributed by atoms with van der Waals surface area (Å²) in [5, 5.41) is 6.35. The summed E-state index contributed by atoms with van der Waals surface area (Å²) in [5.41, 5.74) is 4.72. The highest BCUT2D eigenvalue weighted by Crippen LogP contribution is 2.43. The standard InChI is InChI=1S/C26H25NO3S/c1-16-23(18(3)28)25(21-15-31-22-12-8-7-11-20(21)22)24(17(2)27-16)26(29)30-14-13-19-9-5-4-6-10-19/h4-12,15,25,27H,13-14H2,1-3H3. The number of ether oxygens (including phenoxy) is 1. The molecule has 4 nitrogen and oxygen atoms in total. The maximum absolute atomic E-state index is 13.3. The van der Waals surface area contributed by atoms with Gasteiger partial charge in [0.15, 0.2) is 5.78 Å². The molecule has 0 saturated heterocycles. The molecular weight excluding hydrogens is 406 g/mol. The molecule has 3 aromatic rings. The Morgan fingerprint density at radius 2 is 1.65 bits per heavy atom. The molecule has 1 aliphatic heterocycles. The summed E-state index contributed by atoms with van der Waals surface area (Å²) in [6.07, 6.45) is 0.646. The summed E-state index contributed by atoms with van der Waals surface area (Å²) < 4.78 is 6.82. The van der Waals surface area contributed by atoms with Crippen LogP contribution in [0.4, 0.5) is 0 Å². The molecule has 5 heteroatoms. The minimum absolute atomic E-state index is 0.0487. The molecule has 0 bridgehead atoms. The van der Waals surface area contributed by atoms with Crippen LogP contribution in [0, 0.1) is 0 Å². The van der Waals surface area contributed by atoms with Crippen LogP contribution in [-0.4, -0.2) is 18.4 Å². The van der Waals surface area contributed by atoms with E-state index in [4.69, 9.17) is 4.74 Å². The molecule has 0 aliphatic carbocycles. The number of fused-ring (bicyclic) bond motifs is 1. The smallest absolute Gasteiger partial charge is 0.336 e. The summed E-state index contributed by atoms with van der Waals surface area (Å²) in [7, 11) is 0. The average Bonchev–Trinajstić information content (AvgIpc) is 3.17. The fraction of sp³-hybridized carbons (Fsp3) is 0.231. The van der Waals surface area contributed by atoms with E-state index in [1.807, 2.05) is 62.4 Å². The van der Waals surface area contributed by atoms with Crippen molar-refractivity contribution in [3.05, 3.63) is 93.6 Å². The van der Waals surface area contributed by atoms with Crippen LogP contribution >= 0.6 is 11.3 Å². The van der Waals surface area contributed by atoms with E-state index >= 15 is 0 Å². The zero-order valence-electron chi connectivity index (χ0n) is 17.9. The molecule has 0 saturated carbocycles. The Morgan fingerprint density at radius 1 is 0.968 bits per heavy atom. The van der Waals surface area contributed by atoms with Gasteiger partial charge in [0.25, 0.3) is 0 Å². The largest absolute Gasteiger partial charge is 0.462 e. The molecule has 0 fully saturated rings. The lowest BCUT2D eigenvalue weighted by Crippen LogP contribution is -2.31. The maximum atomic E-state index is 13.3. The second-order valence-electron chi connectivity index (χ2n) is 7.75. The van der Waals surface area contributed by atoms with Crippen molar-refractivity contribution in [2.75, 3.05) is 6.61 Å². The molecule has 1 aliphatic rings. The van der Waals surface area contributed by atoms with E-state index in [2.05, 4.69) is 16.8 Å². The van der Waals surface area contributed by atoms with Gasteiger partial charge < -0.3 is 10.1 Å². The molecular formula is C26H25NO3S. The Balaban J connectivity index is 1.69. The van der Waals surface area contributed by atoms with Crippen LogP contribution in [0.25, 0.3) is 10.1 Å². The van der Waals surface area contributed by atoms with Crippen LogP contribution in [0.2, 0.25) is 0 Å². The zero-order valence-corrected chi connectivity index (χ0v) is 18.7. The zero-order chi connectivity index (χ0) is 22.0. The minimum Gasteiger partial charge on any atom is -0.462 e. The van der Waals surface area contributed by atoms with Gasteiger partial charge in [-0.25, -0.2) is 4.79 Å². The number of nitrogens with one attached hydrogen (secondary N) is 1. The fourth-order valence-corrected chi connectivity index (χ4v) is 5.24. The first kappa shape index (κ1) is 21.1. The number of allylic oxidation sites excluding steroid dienone is 3. The highest BCUT2D eigenvalue weighted by atomic mass is 32.1. The van der Waals surface area contributed by atoms with Crippen molar-refractivity contribution < 1.29 is 14.3 Å². The lowest BCUT2D eigenvalue weighted by Gasteiger charge is -2.30. The van der Waals surface area contributed by atoms with E-state index in [0.29, 0.717) is 17.6 Å². The van der Waals surface area contributed by atoms with Crippen molar-refractivity contribution in [2.45, 2.75) is 33.1 Å². The van der Waals surface area contributed by atoms with Crippen LogP contribution in [0.5, 0.6) is 0 Å². The highest BCUT2D eigenvalue weighted by molar-refractivity contribution is 7.17. The molecule has 158 valence electrons. The van der Waals surface area contributed by atoms with Crippen LogP contribution < -0.4 is 5.32 Å². The van der Waals surface area contributed by atoms with Gasteiger partial charge in [0, 0.05) is 34.0 Å². The normalized spacial score (nSPS) is 16.4. The van der Waals surface area contributed by atoms with Crippen molar-refractivity contribution in [2.24, 2.45) is 0 Å². The summed E-state index contributed by atoms with van der Waals surface area (Å²) in [5.74, 6) is -0.876. The van der Waals surface area contributed by atoms with Gasteiger partial charge in [0.2, 0.25) is 0 Å². The van der Waals surface area contributed by atoms with Crippen LogP contribution in [0.15, 0.2) is 82.5 Å². The summed E-state index contributed by atoms with van der Waals surface area (Å²) in [4.78, 5) is 25.9. The van der Waals surface area contributed by atoms with Crippen molar-refractivity contribution in [1.29, 1.82) is 0 Å². The third-order valence-corrected chi connectivity index (χ3v) is 6.63. The Bertz CT molecular complexity index is 1200. The van der Waals surface area contributed by atoms with Crippen molar-refractivity contribution >= 4 is 33.2 Å². The van der Waals surface area contributed by atoms with Gasteiger partial charge in [-0.05, 0) is 48.7 Å². The quantitative estimate of drug-likeness (QED) is 0.523.